The van der Waals surface area contributed by atoms with Crippen LogP contribution in [0, 0.1) is 5.82 Å². The molecule has 3 aromatic rings. The minimum absolute atomic E-state index is 0.111. The summed E-state index contributed by atoms with van der Waals surface area (Å²) in [6.45, 7) is 3.97. The zero-order valence-electron chi connectivity index (χ0n) is 17.3. The predicted molar refractivity (Wildman–Crippen MR) is 124 cm³/mol. The Bertz CT molecular complexity index is 1110. The molecule has 4 rings (SSSR count). The second kappa shape index (κ2) is 8.63. The van der Waals surface area contributed by atoms with Gasteiger partial charge in [-0.25, -0.2) is 4.39 Å². The first-order valence-corrected chi connectivity index (χ1v) is 10.9. The van der Waals surface area contributed by atoms with Crippen molar-refractivity contribution in [2.45, 2.75) is 25.8 Å². The SMILES string of the molecule is CC(C)c1ccc([C@@H]2C(=O)N(c3ccccc3F)CC(=O)N2c2ccc(Br)cc2)cc1. The number of hydrogen-bond acceptors (Lipinski definition) is 2. The lowest BCUT2D eigenvalue weighted by molar-refractivity contribution is -0.128. The van der Waals surface area contributed by atoms with Gasteiger partial charge in [0.05, 0.1) is 5.69 Å². The van der Waals surface area contributed by atoms with Crippen LogP contribution in [0.25, 0.3) is 0 Å². The van der Waals surface area contributed by atoms with Crippen LogP contribution >= 0.6 is 15.9 Å². The van der Waals surface area contributed by atoms with E-state index in [1.807, 2.05) is 36.4 Å². The molecular weight excluding hydrogens is 459 g/mol. The number of nitrogens with zero attached hydrogens (tertiary/aromatic N) is 2. The molecule has 0 saturated carbocycles. The zero-order valence-corrected chi connectivity index (χ0v) is 18.8. The third-order valence-corrected chi connectivity index (χ3v) is 6.02. The lowest BCUT2D eigenvalue weighted by atomic mass is 9.95. The van der Waals surface area contributed by atoms with E-state index in [-0.39, 0.29) is 24.0 Å². The van der Waals surface area contributed by atoms with Gasteiger partial charge in [-0.2, -0.15) is 0 Å². The number of carbonyl (C=O) groups excluding carboxylic acids is 2. The third-order valence-electron chi connectivity index (χ3n) is 5.49. The normalized spacial score (nSPS) is 16.9. The molecule has 2 amide bonds. The van der Waals surface area contributed by atoms with E-state index in [0.29, 0.717) is 17.2 Å². The molecule has 1 saturated heterocycles. The van der Waals surface area contributed by atoms with Crippen LogP contribution in [-0.4, -0.2) is 18.4 Å². The molecule has 31 heavy (non-hydrogen) atoms. The Kier molecular flexibility index (Phi) is 5.92. The highest BCUT2D eigenvalue weighted by atomic mass is 79.9. The molecule has 0 spiro atoms. The average Bonchev–Trinajstić information content (AvgIpc) is 2.76. The van der Waals surface area contributed by atoms with Gasteiger partial charge in [-0.1, -0.05) is 66.2 Å². The molecule has 0 N–H and O–H groups in total. The van der Waals surface area contributed by atoms with Gasteiger partial charge in [-0.3, -0.25) is 19.4 Å². The number of halogens is 2. The van der Waals surface area contributed by atoms with E-state index in [9.17, 15) is 14.0 Å². The van der Waals surface area contributed by atoms with Crippen molar-refractivity contribution in [3.8, 4) is 0 Å². The van der Waals surface area contributed by atoms with E-state index in [1.165, 1.54) is 21.9 Å². The van der Waals surface area contributed by atoms with E-state index >= 15 is 0 Å². The molecule has 0 bridgehead atoms. The maximum Gasteiger partial charge on any atom is 0.255 e. The average molecular weight is 481 g/mol. The first kappa shape index (κ1) is 21.2. The van der Waals surface area contributed by atoms with Gasteiger partial charge in [0, 0.05) is 10.2 Å². The lowest BCUT2D eigenvalue weighted by Crippen LogP contribution is -2.56. The van der Waals surface area contributed by atoms with Crippen molar-refractivity contribution in [2.24, 2.45) is 0 Å². The van der Waals surface area contributed by atoms with E-state index < -0.39 is 11.9 Å². The fourth-order valence-electron chi connectivity index (χ4n) is 3.82. The van der Waals surface area contributed by atoms with Gasteiger partial charge in [-0.05, 0) is 53.4 Å². The van der Waals surface area contributed by atoms with Crippen LogP contribution in [0.2, 0.25) is 0 Å². The van der Waals surface area contributed by atoms with Gasteiger partial charge in [0.2, 0.25) is 5.91 Å². The van der Waals surface area contributed by atoms with Gasteiger partial charge < -0.3 is 0 Å². The molecule has 158 valence electrons. The van der Waals surface area contributed by atoms with Crippen molar-refractivity contribution in [1.82, 2.24) is 0 Å². The van der Waals surface area contributed by atoms with Crippen molar-refractivity contribution < 1.29 is 14.0 Å². The van der Waals surface area contributed by atoms with E-state index in [4.69, 9.17) is 0 Å². The van der Waals surface area contributed by atoms with Crippen molar-refractivity contribution >= 4 is 39.1 Å². The number of rotatable bonds is 4. The molecule has 1 atom stereocenters. The van der Waals surface area contributed by atoms with Crippen LogP contribution in [0.15, 0.2) is 77.3 Å². The molecular formula is C25H22BrFN2O2. The number of piperazine rings is 1. The number of anilines is 2. The van der Waals surface area contributed by atoms with Crippen LogP contribution in [0.3, 0.4) is 0 Å². The quantitative estimate of drug-likeness (QED) is 0.471. The molecule has 1 heterocycles. The molecule has 0 radical (unpaired) electrons. The standard InChI is InChI=1S/C25H22BrFN2O2/c1-16(2)17-7-9-18(10-8-17)24-25(31)28(22-6-4-3-5-21(22)27)15-23(30)29(24)20-13-11-19(26)12-14-20/h3-14,16,24H,15H2,1-2H3/t24-/m1/s1. The number of amides is 2. The topological polar surface area (TPSA) is 40.6 Å². The second-order valence-electron chi connectivity index (χ2n) is 7.84. The first-order valence-electron chi connectivity index (χ1n) is 10.1. The second-order valence-corrected chi connectivity index (χ2v) is 8.76. The molecule has 4 nitrogen and oxygen atoms in total. The molecule has 0 aliphatic carbocycles. The van der Waals surface area contributed by atoms with Crippen molar-refractivity contribution in [2.75, 3.05) is 16.3 Å². The van der Waals surface area contributed by atoms with Gasteiger partial charge in [0.1, 0.15) is 18.4 Å². The third kappa shape index (κ3) is 4.12. The highest BCUT2D eigenvalue weighted by molar-refractivity contribution is 9.10. The van der Waals surface area contributed by atoms with Crippen molar-refractivity contribution in [3.63, 3.8) is 0 Å². The molecule has 3 aromatic carbocycles. The fraction of sp³-hybridized carbons (Fsp3) is 0.200. The van der Waals surface area contributed by atoms with Crippen LogP contribution in [0.4, 0.5) is 15.8 Å². The Balaban J connectivity index is 1.81. The Morgan fingerprint density at radius 1 is 0.935 bits per heavy atom. The van der Waals surface area contributed by atoms with Crippen LogP contribution in [0.1, 0.15) is 36.9 Å². The number of benzene rings is 3. The minimum atomic E-state index is -0.886. The van der Waals surface area contributed by atoms with E-state index in [2.05, 4.69) is 29.8 Å². The maximum atomic E-state index is 14.5. The predicted octanol–water partition coefficient (Wildman–Crippen LogP) is 5.83. The summed E-state index contributed by atoms with van der Waals surface area (Å²) in [5, 5.41) is 0. The molecule has 1 aliphatic heterocycles. The van der Waals surface area contributed by atoms with Gasteiger partial charge in [0.15, 0.2) is 0 Å². The zero-order chi connectivity index (χ0) is 22.1. The Hall–Kier alpha value is -2.99. The fourth-order valence-corrected chi connectivity index (χ4v) is 4.08. The number of hydrogen-bond donors (Lipinski definition) is 0. The summed E-state index contributed by atoms with van der Waals surface area (Å²) in [7, 11) is 0. The molecule has 1 fully saturated rings. The monoisotopic (exact) mass is 480 g/mol. The summed E-state index contributed by atoms with van der Waals surface area (Å²) in [5.74, 6) is -0.807. The molecule has 1 aliphatic rings. The highest BCUT2D eigenvalue weighted by Gasteiger charge is 2.42. The van der Waals surface area contributed by atoms with Crippen molar-refractivity contribution in [3.05, 3.63) is 94.2 Å². The molecule has 6 heteroatoms. The van der Waals surface area contributed by atoms with Crippen LogP contribution in [0.5, 0.6) is 0 Å². The Morgan fingerprint density at radius 3 is 2.19 bits per heavy atom. The molecule has 0 unspecified atom stereocenters. The maximum absolute atomic E-state index is 14.5. The first-order chi connectivity index (χ1) is 14.9. The summed E-state index contributed by atoms with van der Waals surface area (Å²) in [6, 6.07) is 20.1. The van der Waals surface area contributed by atoms with E-state index in [1.54, 1.807) is 24.3 Å². The summed E-state index contributed by atoms with van der Waals surface area (Å²) in [6.07, 6.45) is 0. The lowest BCUT2D eigenvalue weighted by Gasteiger charge is -2.40. The van der Waals surface area contributed by atoms with Gasteiger partial charge in [-0.15, -0.1) is 0 Å². The van der Waals surface area contributed by atoms with Gasteiger partial charge in [0.25, 0.3) is 5.91 Å². The summed E-state index contributed by atoms with van der Waals surface area (Å²) in [5.41, 5.74) is 2.55. The summed E-state index contributed by atoms with van der Waals surface area (Å²) < 4.78 is 15.4. The number of carbonyl (C=O) groups is 2. The molecule has 0 aromatic heterocycles. The largest absolute Gasteiger partial charge is 0.298 e. The van der Waals surface area contributed by atoms with Crippen molar-refractivity contribution in [1.29, 1.82) is 0 Å². The smallest absolute Gasteiger partial charge is 0.255 e. The number of para-hydroxylation sites is 1. The van der Waals surface area contributed by atoms with E-state index in [0.717, 1.165) is 10.0 Å². The van der Waals surface area contributed by atoms with Gasteiger partial charge >= 0.3 is 0 Å². The summed E-state index contributed by atoms with van der Waals surface area (Å²) >= 11 is 3.41. The minimum Gasteiger partial charge on any atom is -0.298 e. The summed E-state index contributed by atoms with van der Waals surface area (Å²) in [4.78, 5) is 29.7. The Morgan fingerprint density at radius 2 is 1.58 bits per heavy atom. The highest BCUT2D eigenvalue weighted by Crippen LogP contribution is 2.36. The Labute approximate surface area is 189 Å². The van der Waals surface area contributed by atoms with Crippen LogP contribution in [-0.2, 0) is 9.59 Å². The van der Waals surface area contributed by atoms with Crippen LogP contribution < -0.4 is 9.80 Å².